The highest BCUT2D eigenvalue weighted by Crippen LogP contribution is 2.61. The van der Waals surface area contributed by atoms with Gasteiger partial charge in [-0.1, -0.05) is 43.9 Å². The van der Waals surface area contributed by atoms with Gasteiger partial charge in [-0.05, 0) is 98.7 Å². The Morgan fingerprint density at radius 2 is 1.35 bits per heavy atom. The van der Waals surface area contributed by atoms with Crippen LogP contribution in [-0.4, -0.2) is 0 Å². The number of aryl methyl sites for hydroxylation is 3. The molecule has 0 bridgehead atoms. The van der Waals surface area contributed by atoms with E-state index in [1.807, 2.05) is 0 Å². The van der Waals surface area contributed by atoms with Crippen molar-refractivity contribution in [1.29, 1.82) is 0 Å². The van der Waals surface area contributed by atoms with Crippen LogP contribution in [0.15, 0.2) is 12.1 Å². The minimum Gasteiger partial charge on any atom is -0.0620 e. The average molecular weight is 311 g/mol. The average Bonchev–Trinajstić information content (AvgIpc) is 2.81. The first-order valence-electron chi connectivity index (χ1n) is 10.2. The summed E-state index contributed by atoms with van der Waals surface area (Å²) in [5.41, 5.74) is 6.32. The molecule has 0 nitrogen and oxygen atoms in total. The lowest BCUT2D eigenvalue weighted by Crippen LogP contribution is -2.30. The molecule has 4 rings (SSSR count). The first-order valence-corrected chi connectivity index (χ1v) is 10.2. The standard InChI is InChI=1S/C23H34/c1-14-12-15(2)22(16(3)13-14)21-11-7-10-19-17(4)18-8-5-6-9-20(18)23(19)21/h12-13,17-21,23H,5-11H2,1-4H3. The lowest BCUT2D eigenvalue weighted by molar-refractivity contribution is 0.156. The smallest absolute Gasteiger partial charge is 0.0123 e. The third-order valence-corrected chi connectivity index (χ3v) is 7.84. The van der Waals surface area contributed by atoms with Gasteiger partial charge < -0.3 is 0 Å². The summed E-state index contributed by atoms with van der Waals surface area (Å²) >= 11 is 0. The van der Waals surface area contributed by atoms with E-state index in [-0.39, 0.29) is 0 Å². The maximum absolute atomic E-state index is 2.60. The van der Waals surface area contributed by atoms with Crippen molar-refractivity contribution >= 4 is 0 Å². The Kier molecular flexibility index (Phi) is 4.06. The van der Waals surface area contributed by atoms with Gasteiger partial charge >= 0.3 is 0 Å². The molecule has 3 aliphatic rings. The zero-order valence-electron chi connectivity index (χ0n) is 15.6. The lowest BCUT2D eigenvalue weighted by atomic mass is 9.64. The molecule has 0 aliphatic heterocycles. The molecule has 23 heavy (non-hydrogen) atoms. The maximum Gasteiger partial charge on any atom is -0.0123 e. The van der Waals surface area contributed by atoms with E-state index < -0.39 is 0 Å². The second kappa shape index (κ2) is 5.94. The predicted octanol–water partition coefficient (Wildman–Crippen LogP) is 6.57. The molecule has 6 atom stereocenters. The van der Waals surface area contributed by atoms with E-state index in [4.69, 9.17) is 0 Å². The zero-order valence-corrected chi connectivity index (χ0v) is 15.6. The van der Waals surface area contributed by atoms with Crippen molar-refractivity contribution in [2.24, 2.45) is 29.6 Å². The molecule has 0 spiro atoms. The molecule has 0 heteroatoms. The van der Waals surface area contributed by atoms with E-state index in [0.29, 0.717) is 0 Å². The Morgan fingerprint density at radius 1 is 0.739 bits per heavy atom. The maximum atomic E-state index is 2.60. The van der Waals surface area contributed by atoms with Crippen LogP contribution in [0, 0.1) is 50.4 Å². The highest BCUT2D eigenvalue weighted by atomic mass is 14.6. The van der Waals surface area contributed by atoms with Gasteiger partial charge in [-0.2, -0.15) is 0 Å². The van der Waals surface area contributed by atoms with Crippen molar-refractivity contribution in [3.8, 4) is 0 Å². The molecule has 6 unspecified atom stereocenters. The van der Waals surface area contributed by atoms with Crippen molar-refractivity contribution in [1.82, 2.24) is 0 Å². The summed E-state index contributed by atoms with van der Waals surface area (Å²) in [7, 11) is 0. The SMILES string of the molecule is Cc1cc(C)c(C2CCCC3C(C)C4CCCCC4C23)c(C)c1. The van der Waals surface area contributed by atoms with Gasteiger partial charge in [0.15, 0.2) is 0 Å². The van der Waals surface area contributed by atoms with Gasteiger partial charge in [0.2, 0.25) is 0 Å². The second-order valence-corrected chi connectivity index (χ2v) is 9.06. The van der Waals surface area contributed by atoms with Crippen LogP contribution < -0.4 is 0 Å². The van der Waals surface area contributed by atoms with E-state index in [2.05, 4.69) is 39.8 Å². The molecular weight excluding hydrogens is 276 g/mol. The summed E-state index contributed by atoms with van der Waals surface area (Å²) in [5, 5.41) is 0. The Labute approximate surface area is 143 Å². The van der Waals surface area contributed by atoms with Gasteiger partial charge in [-0.3, -0.25) is 0 Å². The number of hydrogen-bond donors (Lipinski definition) is 0. The minimum absolute atomic E-state index is 0.852. The van der Waals surface area contributed by atoms with Crippen LogP contribution in [0.25, 0.3) is 0 Å². The highest BCUT2D eigenvalue weighted by Gasteiger charge is 2.52. The van der Waals surface area contributed by atoms with Crippen LogP contribution >= 0.6 is 0 Å². The minimum atomic E-state index is 0.852. The van der Waals surface area contributed by atoms with Crippen LogP contribution in [0.5, 0.6) is 0 Å². The van der Waals surface area contributed by atoms with Gasteiger partial charge in [-0.25, -0.2) is 0 Å². The largest absolute Gasteiger partial charge is 0.0620 e. The monoisotopic (exact) mass is 310 g/mol. The van der Waals surface area contributed by atoms with E-state index in [1.54, 1.807) is 16.7 Å². The third kappa shape index (κ3) is 2.48. The van der Waals surface area contributed by atoms with Gasteiger partial charge in [0.05, 0.1) is 0 Å². The molecule has 3 aliphatic carbocycles. The predicted molar refractivity (Wildman–Crippen MR) is 98.8 cm³/mol. The number of benzene rings is 1. The van der Waals surface area contributed by atoms with Crippen molar-refractivity contribution in [3.63, 3.8) is 0 Å². The Hall–Kier alpha value is -0.780. The molecule has 0 saturated heterocycles. The molecule has 1 aromatic carbocycles. The van der Waals surface area contributed by atoms with Crippen LogP contribution in [0.4, 0.5) is 0 Å². The number of hydrogen-bond acceptors (Lipinski definition) is 0. The fraction of sp³-hybridized carbons (Fsp3) is 0.739. The van der Waals surface area contributed by atoms with Gasteiger partial charge in [0.25, 0.3) is 0 Å². The van der Waals surface area contributed by atoms with Crippen molar-refractivity contribution < 1.29 is 0 Å². The van der Waals surface area contributed by atoms with Crippen LogP contribution in [-0.2, 0) is 0 Å². The van der Waals surface area contributed by atoms with Crippen LogP contribution in [0.1, 0.15) is 80.0 Å². The quantitative estimate of drug-likeness (QED) is 0.550. The number of fused-ring (bicyclic) bond motifs is 3. The Balaban J connectivity index is 1.74. The molecule has 3 saturated carbocycles. The molecule has 0 heterocycles. The van der Waals surface area contributed by atoms with Crippen molar-refractivity contribution in [3.05, 3.63) is 34.4 Å². The lowest BCUT2D eigenvalue weighted by Gasteiger charge is -2.40. The van der Waals surface area contributed by atoms with Gasteiger partial charge in [-0.15, -0.1) is 0 Å². The molecule has 0 N–H and O–H groups in total. The van der Waals surface area contributed by atoms with Crippen LogP contribution in [0.2, 0.25) is 0 Å². The van der Waals surface area contributed by atoms with Crippen molar-refractivity contribution in [2.75, 3.05) is 0 Å². The van der Waals surface area contributed by atoms with Gasteiger partial charge in [0, 0.05) is 0 Å². The van der Waals surface area contributed by atoms with E-state index >= 15 is 0 Å². The van der Waals surface area contributed by atoms with E-state index in [1.165, 1.54) is 50.5 Å². The topological polar surface area (TPSA) is 0 Å². The molecular formula is C23H34. The first kappa shape index (κ1) is 15.7. The third-order valence-electron chi connectivity index (χ3n) is 7.84. The van der Waals surface area contributed by atoms with Gasteiger partial charge in [0.1, 0.15) is 0 Å². The Morgan fingerprint density at radius 3 is 2.04 bits per heavy atom. The van der Waals surface area contributed by atoms with Crippen molar-refractivity contribution in [2.45, 2.75) is 78.6 Å². The van der Waals surface area contributed by atoms with E-state index in [0.717, 1.165) is 35.5 Å². The summed E-state index contributed by atoms with van der Waals surface area (Å²) < 4.78 is 0. The summed E-state index contributed by atoms with van der Waals surface area (Å²) in [6, 6.07) is 4.87. The highest BCUT2D eigenvalue weighted by molar-refractivity contribution is 5.41. The fourth-order valence-corrected chi connectivity index (χ4v) is 7.24. The fourth-order valence-electron chi connectivity index (χ4n) is 7.24. The summed E-state index contributed by atoms with van der Waals surface area (Å²) in [4.78, 5) is 0. The molecule has 126 valence electrons. The summed E-state index contributed by atoms with van der Waals surface area (Å²) in [5.74, 6) is 5.93. The molecule has 1 aromatic rings. The molecule has 3 fully saturated rings. The molecule has 0 amide bonds. The molecule has 0 aromatic heterocycles. The summed E-state index contributed by atoms with van der Waals surface area (Å²) in [6.45, 7) is 9.60. The van der Waals surface area contributed by atoms with Crippen LogP contribution in [0.3, 0.4) is 0 Å². The van der Waals surface area contributed by atoms with E-state index in [9.17, 15) is 0 Å². The molecule has 0 radical (unpaired) electrons. The summed E-state index contributed by atoms with van der Waals surface area (Å²) in [6.07, 6.45) is 10.5. The zero-order chi connectivity index (χ0) is 16.1. The Bertz CT molecular complexity index is 561. The number of rotatable bonds is 1. The second-order valence-electron chi connectivity index (χ2n) is 9.06. The first-order chi connectivity index (χ1) is 11.1. The normalized spacial score (nSPS) is 39.8.